The molecule has 0 fully saturated rings. The van der Waals surface area contributed by atoms with Gasteiger partial charge >= 0.3 is 17.7 Å². The molecule has 0 spiro atoms. The molecule has 0 radical (unpaired) electrons. The molecule has 9 heteroatoms. The van der Waals surface area contributed by atoms with Gasteiger partial charge in [-0.1, -0.05) is 0 Å². The van der Waals surface area contributed by atoms with Gasteiger partial charge in [-0.05, 0) is 0 Å². The summed E-state index contributed by atoms with van der Waals surface area (Å²) in [6.45, 7) is 0. The zero-order valence-electron chi connectivity index (χ0n) is 7.13. The number of hydrogen-bond donors (Lipinski definition) is 2. The van der Waals surface area contributed by atoms with Crippen molar-refractivity contribution in [1.29, 1.82) is 0 Å². The van der Waals surface area contributed by atoms with Crippen LogP contribution in [0.5, 0.6) is 0 Å². The van der Waals surface area contributed by atoms with Crippen molar-refractivity contribution in [3.63, 3.8) is 0 Å². The number of nitrogens with one attached hydrogen (secondary N) is 2. The highest BCUT2D eigenvalue weighted by Gasteiger charge is 2.17. The Morgan fingerprint density at radius 1 is 0.800 bits per heavy atom. The lowest BCUT2D eigenvalue weighted by molar-refractivity contribution is -0.153. The minimum atomic E-state index is -1.36. The predicted octanol–water partition coefficient (Wildman–Crippen LogP) is -3.53. The maximum absolute atomic E-state index is 10.7. The Morgan fingerprint density at radius 2 is 1.20 bits per heavy atom. The first-order valence-corrected chi connectivity index (χ1v) is 3.36. The van der Waals surface area contributed by atoms with E-state index < -0.39 is 17.7 Å². The molecule has 0 aliphatic rings. The van der Waals surface area contributed by atoms with E-state index in [2.05, 4.69) is 0 Å². The Hall–Kier alpha value is -2.58. The quantitative estimate of drug-likeness (QED) is 0.285. The molecule has 80 valence electrons. The average molecular weight is 215 g/mol. The van der Waals surface area contributed by atoms with Gasteiger partial charge in [0, 0.05) is 0 Å². The van der Waals surface area contributed by atoms with Crippen molar-refractivity contribution in [2.45, 2.75) is 0 Å². The van der Waals surface area contributed by atoms with Gasteiger partial charge < -0.3 is 0 Å². The monoisotopic (exact) mass is 215 g/mol. The highest BCUT2D eigenvalue weighted by Crippen LogP contribution is 1.76. The van der Waals surface area contributed by atoms with Crippen LogP contribution < -0.4 is 10.9 Å². The molecule has 9 nitrogen and oxygen atoms in total. The van der Waals surface area contributed by atoms with Gasteiger partial charge in [-0.25, -0.2) is 10.9 Å². The molecular weight excluding hydrogens is 210 g/mol. The van der Waals surface area contributed by atoms with E-state index in [4.69, 9.17) is 0 Å². The highest BCUT2D eigenvalue weighted by atomic mass is 16.2. The van der Waals surface area contributed by atoms with Crippen LogP contribution in [-0.2, 0) is 28.8 Å². The van der Waals surface area contributed by atoms with Crippen LogP contribution in [-0.4, -0.2) is 41.7 Å². The van der Waals surface area contributed by atoms with Crippen LogP contribution in [0.15, 0.2) is 0 Å². The second-order valence-corrected chi connectivity index (χ2v) is 1.98. The molecule has 15 heavy (non-hydrogen) atoms. The Kier molecular flexibility index (Phi) is 4.94. The van der Waals surface area contributed by atoms with Crippen LogP contribution in [0.2, 0.25) is 0 Å². The van der Waals surface area contributed by atoms with Gasteiger partial charge in [0.1, 0.15) is 0 Å². The van der Waals surface area contributed by atoms with Crippen molar-refractivity contribution in [2.24, 2.45) is 0 Å². The largest absolute Gasteiger partial charge is 0.324 e. The molecule has 0 heterocycles. The van der Waals surface area contributed by atoms with E-state index in [0.29, 0.717) is 0 Å². The Labute approximate surface area is 82.3 Å². The fourth-order valence-electron chi connectivity index (χ4n) is 0.464. The number of rotatable bonds is 3. The van der Waals surface area contributed by atoms with Crippen molar-refractivity contribution < 1.29 is 28.8 Å². The maximum Gasteiger partial charge on any atom is 0.324 e. The van der Waals surface area contributed by atoms with Crippen LogP contribution in [0.3, 0.4) is 0 Å². The standard InChI is InChI=1S/C6H5N3O6/c10-1-4(13)7-9(6(15)3-12)8-5(14)2-11/h1-3H,(H,7,13)(H,8,14). The Morgan fingerprint density at radius 3 is 1.47 bits per heavy atom. The number of hydrogen-bond acceptors (Lipinski definition) is 6. The van der Waals surface area contributed by atoms with Crippen molar-refractivity contribution >= 4 is 36.6 Å². The number of carbonyl (C=O) groups excluding carboxylic acids is 6. The molecule has 0 aromatic carbocycles. The summed E-state index contributed by atoms with van der Waals surface area (Å²) in [4.78, 5) is 61.5. The minimum absolute atomic E-state index is 0.0144. The molecule has 0 rings (SSSR count). The molecule has 0 aromatic rings. The van der Waals surface area contributed by atoms with Crippen LogP contribution in [0.1, 0.15) is 0 Å². The third-order valence-electron chi connectivity index (χ3n) is 0.979. The summed E-state index contributed by atoms with van der Waals surface area (Å²) in [7, 11) is 0. The van der Waals surface area contributed by atoms with E-state index in [1.54, 1.807) is 0 Å². The van der Waals surface area contributed by atoms with Gasteiger partial charge in [0.05, 0.1) is 0 Å². The van der Waals surface area contributed by atoms with Gasteiger partial charge in [0.25, 0.3) is 0 Å². The highest BCUT2D eigenvalue weighted by molar-refractivity contribution is 6.28. The molecule has 0 saturated heterocycles. The summed E-state index contributed by atoms with van der Waals surface area (Å²) in [6, 6.07) is 0. The van der Waals surface area contributed by atoms with E-state index in [-0.39, 0.29) is 24.0 Å². The van der Waals surface area contributed by atoms with E-state index in [9.17, 15) is 28.8 Å². The summed E-state index contributed by atoms with van der Waals surface area (Å²) in [5.41, 5.74) is 3.07. The first-order chi connectivity index (χ1) is 7.04. The summed E-state index contributed by atoms with van der Waals surface area (Å²) in [5.74, 6) is -3.92. The molecule has 3 amide bonds. The minimum Gasteiger partial charge on any atom is -0.292 e. The Balaban J connectivity index is 4.57. The van der Waals surface area contributed by atoms with Crippen molar-refractivity contribution in [3.05, 3.63) is 0 Å². The van der Waals surface area contributed by atoms with E-state index >= 15 is 0 Å². The number of amides is 3. The average Bonchev–Trinajstić information content (AvgIpc) is 2.26. The van der Waals surface area contributed by atoms with Crippen LogP contribution in [0, 0.1) is 0 Å². The third kappa shape index (κ3) is 4.26. The maximum atomic E-state index is 10.7. The van der Waals surface area contributed by atoms with Crippen LogP contribution >= 0.6 is 0 Å². The lowest BCUT2D eigenvalue weighted by Gasteiger charge is -2.18. The van der Waals surface area contributed by atoms with Crippen molar-refractivity contribution in [2.75, 3.05) is 0 Å². The molecule has 0 bridgehead atoms. The van der Waals surface area contributed by atoms with E-state index in [1.165, 1.54) is 10.9 Å². The normalized spacial score (nSPS) is 8.27. The smallest absolute Gasteiger partial charge is 0.292 e. The zero-order chi connectivity index (χ0) is 11.8. The van der Waals surface area contributed by atoms with Crippen molar-refractivity contribution in [3.8, 4) is 0 Å². The van der Waals surface area contributed by atoms with Crippen molar-refractivity contribution in [1.82, 2.24) is 16.0 Å². The second kappa shape index (κ2) is 5.96. The summed E-state index contributed by atoms with van der Waals surface area (Å²) in [5, 5.41) is 0.0144. The molecule has 0 aromatic heterocycles. The Bertz CT molecular complexity index is 303. The summed E-state index contributed by atoms with van der Waals surface area (Å²) in [6.07, 6.45) is -0.632. The molecule has 2 N–H and O–H groups in total. The zero-order valence-corrected chi connectivity index (χ0v) is 7.13. The molecule has 0 atom stereocenters. The number of nitrogens with zero attached hydrogens (tertiary/aromatic N) is 1. The van der Waals surface area contributed by atoms with E-state index in [0.717, 1.165) is 0 Å². The number of aldehydes is 3. The molecule has 0 aliphatic carbocycles. The van der Waals surface area contributed by atoms with E-state index in [1.807, 2.05) is 0 Å². The summed E-state index contributed by atoms with van der Waals surface area (Å²) >= 11 is 0. The van der Waals surface area contributed by atoms with Crippen LogP contribution in [0.25, 0.3) is 0 Å². The third-order valence-corrected chi connectivity index (χ3v) is 0.979. The molecule has 0 aliphatic heterocycles. The van der Waals surface area contributed by atoms with Gasteiger partial charge in [0.2, 0.25) is 18.9 Å². The predicted molar refractivity (Wildman–Crippen MR) is 41.3 cm³/mol. The molecule has 0 unspecified atom stereocenters. The second-order valence-electron chi connectivity index (χ2n) is 1.98. The lowest BCUT2D eigenvalue weighted by atomic mass is 10.6. The van der Waals surface area contributed by atoms with Crippen LogP contribution in [0.4, 0.5) is 0 Å². The SMILES string of the molecule is O=CC(=O)NN(NC(=O)C=O)C(=O)C=O. The van der Waals surface area contributed by atoms with Gasteiger partial charge in [-0.2, -0.15) is 0 Å². The summed E-state index contributed by atoms with van der Waals surface area (Å²) < 4.78 is 0. The van der Waals surface area contributed by atoms with Gasteiger partial charge in [0.15, 0.2) is 0 Å². The fourth-order valence-corrected chi connectivity index (χ4v) is 0.464. The fraction of sp³-hybridized carbons (Fsp3) is 0. The first kappa shape index (κ1) is 12.4. The van der Waals surface area contributed by atoms with Gasteiger partial charge in [-0.3, -0.25) is 28.8 Å². The molecular formula is C6H5N3O6. The number of hydrazine groups is 2. The lowest BCUT2D eigenvalue weighted by Crippen LogP contribution is -2.57. The molecule has 0 saturated carbocycles. The topological polar surface area (TPSA) is 130 Å². The first-order valence-electron chi connectivity index (χ1n) is 3.36. The number of carbonyl (C=O) groups is 6. The van der Waals surface area contributed by atoms with Gasteiger partial charge in [-0.15, -0.1) is 5.12 Å².